The molecule has 0 unspecified atom stereocenters. The molecule has 0 fully saturated rings. The number of amides is 2. The zero-order chi connectivity index (χ0) is 31.4. The average molecular weight is 591 g/mol. The number of carbonyl (C=O) groups is 4. The second-order valence-electron chi connectivity index (χ2n) is 11.4. The van der Waals surface area contributed by atoms with Crippen molar-refractivity contribution < 1.29 is 33.8 Å². The molecule has 0 saturated carbocycles. The third kappa shape index (κ3) is 11.1. The Kier molecular flexibility index (Phi) is 12.5. The average Bonchev–Trinajstić information content (AvgIpc) is 2.98. The first-order chi connectivity index (χ1) is 20.5. The monoisotopic (exact) mass is 590 g/mol. The summed E-state index contributed by atoms with van der Waals surface area (Å²) in [4.78, 5) is 52.3. The van der Waals surface area contributed by atoms with Gasteiger partial charge in [0.1, 0.15) is 17.9 Å². The number of cyclic esters (lactones) is 2. The van der Waals surface area contributed by atoms with E-state index < -0.39 is 47.9 Å². The van der Waals surface area contributed by atoms with Crippen molar-refractivity contribution in [2.24, 2.45) is 17.8 Å². The van der Waals surface area contributed by atoms with Gasteiger partial charge in [0.2, 0.25) is 11.8 Å². The van der Waals surface area contributed by atoms with Crippen LogP contribution in [0.3, 0.4) is 0 Å². The largest absolute Gasteiger partial charge is 0.508 e. The summed E-state index contributed by atoms with van der Waals surface area (Å²) in [6.07, 6.45) is 5.70. The number of phenolic OH excluding ortho intramolecular Hbond substituents is 1. The summed E-state index contributed by atoms with van der Waals surface area (Å²) >= 11 is 0. The molecule has 9 heteroatoms. The first kappa shape index (κ1) is 33.1. The lowest BCUT2D eigenvalue weighted by Gasteiger charge is -2.26. The van der Waals surface area contributed by atoms with Gasteiger partial charge in [-0.25, -0.2) is 4.79 Å². The second-order valence-corrected chi connectivity index (χ2v) is 11.4. The highest BCUT2D eigenvalue weighted by atomic mass is 16.6. The molecular weight excluding hydrogens is 548 g/mol. The molecule has 1 aliphatic heterocycles. The minimum absolute atomic E-state index is 0.0454. The Morgan fingerprint density at radius 1 is 0.953 bits per heavy atom. The molecule has 0 radical (unpaired) electrons. The van der Waals surface area contributed by atoms with Gasteiger partial charge in [0.25, 0.3) is 0 Å². The van der Waals surface area contributed by atoms with Crippen LogP contribution in [0.15, 0.2) is 72.8 Å². The van der Waals surface area contributed by atoms with Crippen LogP contribution in [0.5, 0.6) is 5.75 Å². The fraction of sp³-hybridized carbons (Fsp3) is 0.412. The summed E-state index contributed by atoms with van der Waals surface area (Å²) in [5.74, 6) is -3.12. The molecule has 0 spiro atoms. The van der Waals surface area contributed by atoms with Gasteiger partial charge in [0.05, 0.1) is 5.92 Å². The van der Waals surface area contributed by atoms with Gasteiger partial charge in [0.15, 0.2) is 6.10 Å². The van der Waals surface area contributed by atoms with Crippen molar-refractivity contribution in [1.82, 2.24) is 10.6 Å². The van der Waals surface area contributed by atoms with Crippen molar-refractivity contribution in [1.29, 1.82) is 0 Å². The van der Waals surface area contributed by atoms with E-state index in [9.17, 15) is 24.3 Å². The highest BCUT2D eigenvalue weighted by molar-refractivity contribution is 5.93. The number of hydrogen-bond donors (Lipinski definition) is 3. The van der Waals surface area contributed by atoms with Crippen LogP contribution in [0.2, 0.25) is 0 Å². The summed E-state index contributed by atoms with van der Waals surface area (Å²) in [5, 5.41) is 15.0. The smallest absolute Gasteiger partial charge is 0.347 e. The van der Waals surface area contributed by atoms with E-state index in [1.807, 2.05) is 63.3 Å². The van der Waals surface area contributed by atoms with Crippen molar-refractivity contribution >= 4 is 29.8 Å². The van der Waals surface area contributed by atoms with Crippen LogP contribution >= 0.6 is 0 Å². The maximum absolute atomic E-state index is 13.3. The van der Waals surface area contributed by atoms with Crippen LogP contribution in [0.1, 0.15) is 51.7 Å². The van der Waals surface area contributed by atoms with E-state index in [1.165, 1.54) is 18.2 Å². The molecule has 3 N–H and O–H groups in total. The second kappa shape index (κ2) is 16.3. The van der Waals surface area contributed by atoms with Crippen LogP contribution in [0.25, 0.3) is 6.08 Å². The third-order valence-electron chi connectivity index (χ3n) is 7.08. The topological polar surface area (TPSA) is 131 Å². The van der Waals surface area contributed by atoms with E-state index >= 15 is 0 Å². The molecule has 2 aromatic carbocycles. The molecule has 43 heavy (non-hydrogen) atoms. The number of carbonyl (C=O) groups excluding carboxylic acids is 4. The molecule has 230 valence electrons. The fourth-order valence-electron chi connectivity index (χ4n) is 4.49. The van der Waals surface area contributed by atoms with Crippen molar-refractivity contribution in [2.45, 2.75) is 65.2 Å². The number of benzene rings is 2. The third-order valence-corrected chi connectivity index (χ3v) is 7.08. The van der Waals surface area contributed by atoms with Gasteiger partial charge in [-0.05, 0) is 41.7 Å². The van der Waals surface area contributed by atoms with Gasteiger partial charge in [0, 0.05) is 25.3 Å². The molecule has 5 atom stereocenters. The minimum atomic E-state index is -1.11. The number of aromatic hydroxyl groups is 1. The van der Waals surface area contributed by atoms with Crippen LogP contribution in [-0.4, -0.2) is 53.7 Å². The number of esters is 2. The van der Waals surface area contributed by atoms with Gasteiger partial charge in [-0.1, -0.05) is 88.4 Å². The molecule has 2 aromatic rings. The van der Waals surface area contributed by atoms with Gasteiger partial charge >= 0.3 is 11.9 Å². The molecule has 1 aliphatic rings. The fourth-order valence-corrected chi connectivity index (χ4v) is 4.49. The Balaban J connectivity index is 1.88. The van der Waals surface area contributed by atoms with E-state index in [-0.39, 0.29) is 43.4 Å². The first-order valence-corrected chi connectivity index (χ1v) is 14.7. The number of nitrogens with one attached hydrogen (secondary N) is 2. The Labute approximate surface area is 253 Å². The molecule has 0 aromatic heterocycles. The maximum Gasteiger partial charge on any atom is 0.347 e. The van der Waals surface area contributed by atoms with Crippen LogP contribution in [0.4, 0.5) is 0 Å². The lowest BCUT2D eigenvalue weighted by atomic mass is 9.99. The highest BCUT2D eigenvalue weighted by Gasteiger charge is 2.31. The Bertz CT molecular complexity index is 1290. The van der Waals surface area contributed by atoms with E-state index in [0.717, 1.165) is 11.1 Å². The lowest BCUT2D eigenvalue weighted by Crippen LogP contribution is -2.49. The summed E-state index contributed by atoms with van der Waals surface area (Å²) in [6.45, 7) is 7.29. The van der Waals surface area contributed by atoms with E-state index in [2.05, 4.69) is 10.6 Å². The van der Waals surface area contributed by atoms with E-state index in [1.54, 1.807) is 25.1 Å². The van der Waals surface area contributed by atoms with Crippen LogP contribution < -0.4 is 10.6 Å². The van der Waals surface area contributed by atoms with Crippen molar-refractivity contribution in [2.75, 3.05) is 6.54 Å². The summed E-state index contributed by atoms with van der Waals surface area (Å²) in [7, 11) is 0. The molecule has 2 amide bonds. The van der Waals surface area contributed by atoms with Crippen molar-refractivity contribution in [3.63, 3.8) is 0 Å². The number of hydrogen-bond acceptors (Lipinski definition) is 7. The predicted octanol–water partition coefficient (Wildman–Crippen LogP) is 4.35. The van der Waals surface area contributed by atoms with Gasteiger partial charge in [-0.3, -0.25) is 14.4 Å². The van der Waals surface area contributed by atoms with E-state index in [0.29, 0.717) is 0 Å². The zero-order valence-electron chi connectivity index (χ0n) is 25.2. The molecular formula is C34H42N2O7. The number of ether oxygens (including phenoxy) is 2. The molecule has 9 nitrogen and oxygen atoms in total. The Morgan fingerprint density at radius 2 is 1.65 bits per heavy atom. The summed E-state index contributed by atoms with van der Waals surface area (Å²) < 4.78 is 11.6. The highest BCUT2D eigenvalue weighted by Crippen LogP contribution is 2.20. The summed E-state index contributed by atoms with van der Waals surface area (Å²) in [5.41, 5.74) is 1.72. The molecule has 1 heterocycles. The van der Waals surface area contributed by atoms with E-state index in [4.69, 9.17) is 9.47 Å². The van der Waals surface area contributed by atoms with Crippen molar-refractivity contribution in [3.05, 3.63) is 84.0 Å². The number of phenols is 1. The Morgan fingerprint density at radius 3 is 2.33 bits per heavy atom. The normalized spacial score (nSPS) is 23.4. The summed E-state index contributed by atoms with van der Waals surface area (Å²) in [6, 6.07) is 15.1. The van der Waals surface area contributed by atoms with Crippen LogP contribution in [0, 0.1) is 17.8 Å². The quantitative estimate of drug-likeness (QED) is 0.409. The zero-order valence-corrected chi connectivity index (χ0v) is 25.2. The lowest BCUT2D eigenvalue weighted by molar-refractivity contribution is -0.175. The molecule has 0 saturated heterocycles. The van der Waals surface area contributed by atoms with Gasteiger partial charge in [-0.15, -0.1) is 0 Å². The minimum Gasteiger partial charge on any atom is -0.508 e. The molecule has 0 bridgehead atoms. The SMILES string of the molecule is CC(C)C[C@@H]1OC(=O)[C@H](C)CNC(=O)[C@@H](Cc2ccc(O)cc2)NC(=O)C=CC[C@@H]([C@H](C)C=Cc2ccccc2)OC1=O. The predicted molar refractivity (Wildman–Crippen MR) is 164 cm³/mol. The van der Waals surface area contributed by atoms with Gasteiger partial charge in [-0.2, -0.15) is 0 Å². The first-order valence-electron chi connectivity index (χ1n) is 14.7. The maximum atomic E-state index is 13.3. The standard InChI is InChI=1S/C34H42N2O7/c1-22(2)19-30-34(41)42-29(23(3)13-14-25-9-6-5-7-10-25)11-8-12-31(38)36-28(20-26-15-17-27(37)18-16-26)32(39)35-21-24(4)33(40)43-30/h5-10,12-18,22-24,28-30,37H,11,19-21H2,1-4H3,(H,35,39)(H,36,38)/t23-,24-,28-,29+,30+/m1/s1. The van der Waals surface area contributed by atoms with Gasteiger partial charge < -0.3 is 25.2 Å². The molecule has 3 rings (SSSR count). The van der Waals surface area contributed by atoms with Crippen molar-refractivity contribution in [3.8, 4) is 5.75 Å². The Hall–Kier alpha value is -4.40. The molecule has 0 aliphatic carbocycles. The van der Waals surface area contributed by atoms with Crippen LogP contribution in [-0.2, 0) is 35.1 Å². The number of rotatable bonds is 7.